The topological polar surface area (TPSA) is 80.5 Å². The Labute approximate surface area is 106 Å². The van der Waals surface area contributed by atoms with E-state index in [1.165, 1.54) is 6.26 Å². The van der Waals surface area contributed by atoms with E-state index in [0.29, 0.717) is 30.0 Å². The van der Waals surface area contributed by atoms with E-state index in [9.17, 15) is 13.2 Å². The first-order valence-electron chi connectivity index (χ1n) is 5.71. The second-order valence-electron chi connectivity index (χ2n) is 4.69. The molecular weight excluding hydrogens is 256 g/mol. The van der Waals surface area contributed by atoms with Crippen molar-refractivity contribution in [1.29, 1.82) is 0 Å². The number of sulfone groups is 1. The van der Waals surface area contributed by atoms with Gasteiger partial charge in [-0.25, -0.2) is 8.42 Å². The molecule has 100 valence electrons. The summed E-state index contributed by atoms with van der Waals surface area (Å²) in [5.41, 5.74) is 0.990. The van der Waals surface area contributed by atoms with Crippen molar-refractivity contribution in [2.24, 2.45) is 0 Å². The summed E-state index contributed by atoms with van der Waals surface area (Å²) in [7, 11) is -3.09. The van der Waals surface area contributed by atoms with Gasteiger partial charge in [-0.15, -0.1) is 0 Å². The third-order valence-corrected chi connectivity index (χ3v) is 4.88. The van der Waals surface area contributed by atoms with Crippen LogP contribution < -0.4 is 0 Å². The van der Waals surface area contributed by atoms with Gasteiger partial charge in [-0.3, -0.25) is 4.79 Å². The van der Waals surface area contributed by atoms with Crippen molar-refractivity contribution in [3.05, 3.63) is 17.0 Å². The van der Waals surface area contributed by atoms with E-state index in [-0.39, 0.29) is 12.5 Å². The van der Waals surface area contributed by atoms with Gasteiger partial charge in [-0.2, -0.15) is 0 Å². The van der Waals surface area contributed by atoms with Gasteiger partial charge in [0.05, 0.1) is 10.9 Å². The van der Waals surface area contributed by atoms with E-state index < -0.39 is 15.1 Å². The fourth-order valence-corrected chi connectivity index (χ4v) is 3.19. The van der Waals surface area contributed by atoms with Crippen LogP contribution in [0, 0.1) is 13.8 Å². The predicted octanol–water partition coefficient (Wildman–Crippen LogP) is 0.551. The molecule has 6 nitrogen and oxygen atoms in total. The summed E-state index contributed by atoms with van der Waals surface area (Å²) in [6.45, 7) is 4.09. The van der Waals surface area contributed by atoms with Crippen LogP contribution in [-0.2, 0) is 9.84 Å². The Balaban J connectivity index is 2.18. The molecule has 0 spiro atoms. The van der Waals surface area contributed by atoms with Crippen LogP contribution in [0.25, 0.3) is 0 Å². The molecule has 1 saturated heterocycles. The fourth-order valence-electron chi connectivity index (χ4n) is 2.21. The molecule has 0 aromatic carbocycles. The van der Waals surface area contributed by atoms with Crippen LogP contribution in [0.5, 0.6) is 0 Å². The molecule has 1 fully saturated rings. The average Bonchev–Trinajstić information content (AvgIpc) is 2.84. The zero-order valence-electron chi connectivity index (χ0n) is 10.6. The molecule has 1 aliphatic rings. The molecule has 0 N–H and O–H groups in total. The Morgan fingerprint density at radius 3 is 2.56 bits per heavy atom. The molecule has 1 aromatic heterocycles. The monoisotopic (exact) mass is 272 g/mol. The molecule has 0 bridgehead atoms. The minimum Gasteiger partial charge on any atom is -0.361 e. The lowest BCUT2D eigenvalue weighted by molar-refractivity contribution is 0.0791. The van der Waals surface area contributed by atoms with Gasteiger partial charge in [0.15, 0.2) is 9.84 Å². The number of rotatable bonds is 2. The molecule has 0 saturated carbocycles. The van der Waals surface area contributed by atoms with Gasteiger partial charge in [0, 0.05) is 19.3 Å². The highest BCUT2D eigenvalue weighted by Gasteiger charge is 2.34. The maximum absolute atomic E-state index is 12.3. The molecule has 1 atom stereocenters. The number of carbonyl (C=O) groups excluding carboxylic acids is 1. The van der Waals surface area contributed by atoms with Crippen molar-refractivity contribution in [3.63, 3.8) is 0 Å². The number of carbonyl (C=O) groups is 1. The maximum atomic E-state index is 12.3. The lowest BCUT2D eigenvalue weighted by atomic mass is 10.2. The summed E-state index contributed by atoms with van der Waals surface area (Å²) in [6, 6.07) is 0. The van der Waals surface area contributed by atoms with Crippen LogP contribution in [0.2, 0.25) is 0 Å². The van der Waals surface area contributed by atoms with Crippen LogP contribution in [0.3, 0.4) is 0 Å². The number of hydrogen-bond acceptors (Lipinski definition) is 5. The zero-order chi connectivity index (χ0) is 13.5. The van der Waals surface area contributed by atoms with Gasteiger partial charge >= 0.3 is 0 Å². The Morgan fingerprint density at radius 1 is 1.44 bits per heavy atom. The standard InChI is InChI=1S/C11H16N2O4S/c1-7-10(8(2)17-12-7)11(14)13-5-4-9(6-13)18(3,15)16/h9H,4-6H2,1-3H3. The van der Waals surface area contributed by atoms with Gasteiger partial charge in [-0.05, 0) is 20.3 Å². The number of nitrogens with zero attached hydrogens (tertiary/aromatic N) is 2. The largest absolute Gasteiger partial charge is 0.361 e. The second kappa shape index (κ2) is 4.38. The normalized spacial score (nSPS) is 20.4. The molecule has 1 aromatic rings. The smallest absolute Gasteiger partial charge is 0.259 e. The van der Waals surface area contributed by atoms with E-state index in [4.69, 9.17) is 4.52 Å². The minimum absolute atomic E-state index is 0.197. The van der Waals surface area contributed by atoms with Crippen molar-refractivity contribution in [2.75, 3.05) is 19.3 Å². The summed E-state index contributed by atoms with van der Waals surface area (Å²) in [6.07, 6.45) is 1.70. The van der Waals surface area contributed by atoms with Crippen molar-refractivity contribution >= 4 is 15.7 Å². The molecule has 0 radical (unpaired) electrons. The second-order valence-corrected chi connectivity index (χ2v) is 7.02. The van der Waals surface area contributed by atoms with E-state index >= 15 is 0 Å². The Morgan fingerprint density at radius 2 is 2.11 bits per heavy atom. The number of likely N-dealkylation sites (tertiary alicyclic amines) is 1. The SMILES string of the molecule is Cc1noc(C)c1C(=O)N1CCC(S(C)(=O)=O)C1. The van der Waals surface area contributed by atoms with Crippen LogP contribution in [0.1, 0.15) is 28.2 Å². The highest BCUT2D eigenvalue weighted by Crippen LogP contribution is 2.21. The predicted molar refractivity (Wildman–Crippen MR) is 65.1 cm³/mol. The van der Waals surface area contributed by atoms with E-state index in [1.54, 1.807) is 18.7 Å². The molecule has 1 amide bonds. The van der Waals surface area contributed by atoms with Crippen molar-refractivity contribution < 1.29 is 17.7 Å². The molecule has 0 aliphatic carbocycles. The third kappa shape index (κ3) is 2.27. The van der Waals surface area contributed by atoms with E-state index in [2.05, 4.69) is 5.16 Å². The minimum atomic E-state index is -3.09. The molecule has 1 aliphatic heterocycles. The summed E-state index contributed by atoms with van der Waals surface area (Å²) in [4.78, 5) is 13.8. The van der Waals surface area contributed by atoms with Gasteiger partial charge in [0.25, 0.3) is 5.91 Å². The quantitative estimate of drug-likeness (QED) is 0.785. The Hall–Kier alpha value is -1.37. The first-order valence-corrected chi connectivity index (χ1v) is 7.67. The van der Waals surface area contributed by atoms with Crippen molar-refractivity contribution in [3.8, 4) is 0 Å². The molecular formula is C11H16N2O4S. The number of hydrogen-bond donors (Lipinski definition) is 0. The van der Waals surface area contributed by atoms with Crippen LogP contribution in [-0.4, -0.2) is 49.0 Å². The van der Waals surface area contributed by atoms with Crippen LogP contribution in [0.15, 0.2) is 4.52 Å². The summed E-state index contributed by atoms with van der Waals surface area (Å²) >= 11 is 0. The van der Waals surface area contributed by atoms with Crippen molar-refractivity contribution in [2.45, 2.75) is 25.5 Å². The lowest BCUT2D eigenvalue weighted by Gasteiger charge is -2.15. The number of aryl methyl sites for hydroxylation is 2. The van der Waals surface area contributed by atoms with Gasteiger partial charge in [0.1, 0.15) is 11.3 Å². The molecule has 1 unspecified atom stereocenters. The maximum Gasteiger partial charge on any atom is 0.259 e. The van der Waals surface area contributed by atoms with Crippen LogP contribution >= 0.6 is 0 Å². The molecule has 7 heteroatoms. The highest BCUT2D eigenvalue weighted by atomic mass is 32.2. The molecule has 2 rings (SSSR count). The highest BCUT2D eigenvalue weighted by molar-refractivity contribution is 7.91. The van der Waals surface area contributed by atoms with Crippen molar-refractivity contribution in [1.82, 2.24) is 10.1 Å². The van der Waals surface area contributed by atoms with Gasteiger partial charge in [-0.1, -0.05) is 5.16 Å². The van der Waals surface area contributed by atoms with Gasteiger partial charge in [0.2, 0.25) is 0 Å². The summed E-state index contributed by atoms with van der Waals surface area (Å²) < 4.78 is 27.9. The van der Waals surface area contributed by atoms with E-state index in [0.717, 1.165) is 0 Å². The first kappa shape index (κ1) is 13.1. The molecule has 18 heavy (non-hydrogen) atoms. The van der Waals surface area contributed by atoms with Crippen LogP contribution in [0.4, 0.5) is 0 Å². The average molecular weight is 272 g/mol. The fraction of sp³-hybridized carbons (Fsp3) is 0.636. The van der Waals surface area contributed by atoms with E-state index in [1.807, 2.05) is 0 Å². The third-order valence-electron chi connectivity index (χ3n) is 3.28. The lowest BCUT2D eigenvalue weighted by Crippen LogP contribution is -2.32. The van der Waals surface area contributed by atoms with Gasteiger partial charge < -0.3 is 9.42 Å². The Bertz CT molecular complexity index is 556. The summed E-state index contributed by atoms with van der Waals surface area (Å²) in [5.74, 6) is 0.276. The first-order chi connectivity index (χ1) is 8.30. The number of aromatic nitrogens is 1. The zero-order valence-corrected chi connectivity index (χ0v) is 11.5. The summed E-state index contributed by atoms with van der Waals surface area (Å²) in [5, 5.41) is 3.28. The Kier molecular flexibility index (Phi) is 3.18. The molecule has 2 heterocycles. The number of amides is 1.